The van der Waals surface area contributed by atoms with Crippen LogP contribution in [0.2, 0.25) is 0 Å². The van der Waals surface area contributed by atoms with E-state index in [0.29, 0.717) is 0 Å². The minimum Gasteiger partial charge on any atom is -0.465 e. The van der Waals surface area contributed by atoms with Crippen LogP contribution in [0.15, 0.2) is 0 Å². The van der Waals surface area contributed by atoms with Crippen molar-refractivity contribution in [2.45, 2.75) is 30.9 Å². The Kier molecular flexibility index (Phi) is 7.01. The van der Waals surface area contributed by atoms with Gasteiger partial charge in [0.15, 0.2) is 0 Å². The topological polar surface area (TPSA) is 75.7 Å². The number of methoxy groups -OCH3 is 1. The Morgan fingerprint density at radius 3 is 1.81 bits per heavy atom. The van der Waals surface area contributed by atoms with Crippen molar-refractivity contribution >= 4 is 34.1 Å². The van der Waals surface area contributed by atoms with Gasteiger partial charge in [-0.25, -0.2) is 4.79 Å². The molecule has 2 amide bonds. The van der Waals surface area contributed by atoms with E-state index in [1.165, 1.54) is 14.1 Å². The fourth-order valence-corrected chi connectivity index (χ4v) is 3.27. The standard InChI is InChI=1S/C15H13F9N2O4S/c1-5-6(10(28)30-4)8(31-7(5)9(27)26(2)3)25-11(29)12(16,17)13(18,19)14(20,21)15(22,23)24/h1-4H3,(H,25,29). The van der Waals surface area contributed by atoms with Gasteiger partial charge in [-0.15, -0.1) is 11.3 Å². The molecule has 6 nitrogen and oxygen atoms in total. The van der Waals surface area contributed by atoms with Crippen LogP contribution in [0.5, 0.6) is 0 Å². The van der Waals surface area contributed by atoms with Crippen molar-refractivity contribution in [3.63, 3.8) is 0 Å². The number of hydrogen-bond acceptors (Lipinski definition) is 5. The van der Waals surface area contributed by atoms with Crippen molar-refractivity contribution in [1.82, 2.24) is 4.90 Å². The fraction of sp³-hybridized carbons (Fsp3) is 0.533. The van der Waals surface area contributed by atoms with Gasteiger partial charge in [-0.1, -0.05) is 0 Å². The van der Waals surface area contributed by atoms with Crippen molar-refractivity contribution < 1.29 is 58.6 Å². The maximum Gasteiger partial charge on any atom is 0.460 e. The molecule has 0 saturated carbocycles. The molecule has 0 atom stereocenters. The lowest BCUT2D eigenvalue weighted by Crippen LogP contribution is -2.64. The molecule has 0 aliphatic carbocycles. The van der Waals surface area contributed by atoms with Crippen molar-refractivity contribution in [3.05, 3.63) is 16.0 Å². The number of alkyl halides is 9. The van der Waals surface area contributed by atoms with Gasteiger partial charge in [-0.05, 0) is 12.5 Å². The molecule has 16 heteroatoms. The molecule has 0 aliphatic rings. The summed E-state index contributed by atoms with van der Waals surface area (Å²) in [6.07, 6.45) is -7.11. The first-order chi connectivity index (χ1) is 13.8. The lowest BCUT2D eigenvalue weighted by molar-refractivity contribution is -0.388. The van der Waals surface area contributed by atoms with Crippen LogP contribution in [0.3, 0.4) is 0 Å². The van der Waals surface area contributed by atoms with Gasteiger partial charge < -0.3 is 15.0 Å². The number of nitrogens with one attached hydrogen (secondary N) is 1. The molecule has 31 heavy (non-hydrogen) atoms. The molecule has 1 rings (SSSR count). The lowest BCUT2D eigenvalue weighted by Gasteiger charge is -2.32. The van der Waals surface area contributed by atoms with Gasteiger partial charge in [0.2, 0.25) is 0 Å². The quantitative estimate of drug-likeness (QED) is 0.486. The number of anilines is 1. The molecule has 0 spiro atoms. The molecule has 0 radical (unpaired) electrons. The number of rotatable bonds is 6. The Labute approximate surface area is 171 Å². The zero-order chi connectivity index (χ0) is 24.7. The van der Waals surface area contributed by atoms with Crippen LogP contribution in [-0.4, -0.2) is 67.8 Å². The second-order valence-corrected chi connectivity index (χ2v) is 7.15. The normalized spacial score (nSPS) is 13.1. The van der Waals surface area contributed by atoms with E-state index in [1.807, 2.05) is 0 Å². The lowest BCUT2D eigenvalue weighted by atomic mass is 10.0. The molecule has 176 valence electrons. The summed E-state index contributed by atoms with van der Waals surface area (Å²) in [5.41, 5.74) is -1.01. The van der Waals surface area contributed by atoms with Gasteiger partial charge in [0.05, 0.1) is 17.6 Å². The molecule has 0 fully saturated rings. The fourth-order valence-electron chi connectivity index (χ4n) is 2.06. The predicted octanol–water partition coefficient (Wildman–Crippen LogP) is 3.95. The maximum atomic E-state index is 13.8. The van der Waals surface area contributed by atoms with Crippen molar-refractivity contribution in [2.75, 3.05) is 26.5 Å². The van der Waals surface area contributed by atoms with Gasteiger partial charge in [0, 0.05) is 14.1 Å². The van der Waals surface area contributed by atoms with Crippen molar-refractivity contribution in [2.24, 2.45) is 0 Å². The number of esters is 1. The zero-order valence-electron chi connectivity index (χ0n) is 15.9. The molecule has 0 bridgehead atoms. The number of thiophene rings is 1. The monoisotopic (exact) mass is 488 g/mol. The molecular formula is C15H13F9N2O4S. The summed E-state index contributed by atoms with van der Waals surface area (Å²) >= 11 is 0.122. The second kappa shape index (κ2) is 8.20. The van der Waals surface area contributed by atoms with E-state index in [9.17, 15) is 53.9 Å². The highest BCUT2D eigenvalue weighted by atomic mass is 32.1. The number of nitrogens with zero attached hydrogens (tertiary/aromatic N) is 1. The third kappa shape index (κ3) is 4.29. The largest absolute Gasteiger partial charge is 0.465 e. The molecule has 1 aromatic heterocycles. The van der Waals surface area contributed by atoms with E-state index in [2.05, 4.69) is 4.74 Å². The van der Waals surface area contributed by atoms with Crippen LogP contribution in [-0.2, 0) is 9.53 Å². The summed E-state index contributed by atoms with van der Waals surface area (Å²) in [7, 11) is 3.28. The third-order valence-electron chi connectivity index (χ3n) is 3.79. The Balaban J connectivity index is 3.51. The van der Waals surface area contributed by atoms with Crippen LogP contribution >= 0.6 is 11.3 Å². The first-order valence-corrected chi connectivity index (χ1v) is 8.52. The highest BCUT2D eigenvalue weighted by molar-refractivity contribution is 7.18. The predicted molar refractivity (Wildman–Crippen MR) is 87.9 cm³/mol. The Hall–Kier alpha value is -2.52. The zero-order valence-corrected chi connectivity index (χ0v) is 16.7. The third-order valence-corrected chi connectivity index (χ3v) is 4.99. The van der Waals surface area contributed by atoms with Gasteiger partial charge in [-0.3, -0.25) is 9.59 Å². The number of halogens is 9. The van der Waals surface area contributed by atoms with E-state index in [4.69, 9.17) is 0 Å². The van der Waals surface area contributed by atoms with Crippen molar-refractivity contribution in [1.29, 1.82) is 0 Å². The van der Waals surface area contributed by atoms with E-state index in [-0.39, 0.29) is 21.8 Å². The van der Waals surface area contributed by atoms with Crippen LogP contribution in [0, 0.1) is 6.92 Å². The van der Waals surface area contributed by atoms with Gasteiger partial charge in [0.1, 0.15) is 5.00 Å². The highest BCUT2D eigenvalue weighted by Gasteiger charge is 2.83. The number of hydrogen-bond donors (Lipinski definition) is 1. The highest BCUT2D eigenvalue weighted by Crippen LogP contribution is 2.53. The van der Waals surface area contributed by atoms with E-state index in [0.717, 1.165) is 24.3 Å². The minimum atomic E-state index is -7.27. The SMILES string of the molecule is COC(=O)c1c(NC(=O)C(F)(F)C(F)(F)C(F)(F)C(F)(F)F)sc(C(=O)N(C)C)c1C. The molecule has 1 N–H and O–H groups in total. The Morgan fingerprint density at radius 2 is 1.42 bits per heavy atom. The van der Waals surface area contributed by atoms with Gasteiger partial charge in [-0.2, -0.15) is 39.5 Å². The first-order valence-electron chi connectivity index (χ1n) is 7.70. The molecule has 0 saturated heterocycles. The first kappa shape index (κ1) is 26.5. The molecule has 0 unspecified atom stereocenters. The number of carbonyl (C=O) groups excluding carboxylic acids is 3. The molecular weight excluding hydrogens is 475 g/mol. The van der Waals surface area contributed by atoms with Gasteiger partial charge in [0.25, 0.3) is 5.91 Å². The summed E-state index contributed by atoms with van der Waals surface area (Å²) < 4.78 is 121. The van der Waals surface area contributed by atoms with Crippen LogP contribution in [0.4, 0.5) is 44.5 Å². The summed E-state index contributed by atoms with van der Waals surface area (Å²) in [6, 6.07) is 0. The van der Waals surface area contributed by atoms with Crippen LogP contribution in [0.25, 0.3) is 0 Å². The summed E-state index contributed by atoms with van der Waals surface area (Å²) in [5.74, 6) is -26.5. The maximum absolute atomic E-state index is 13.8. The molecule has 0 aromatic carbocycles. The minimum absolute atomic E-state index is 0.122. The second-order valence-electron chi connectivity index (χ2n) is 6.13. The molecule has 1 heterocycles. The van der Waals surface area contributed by atoms with Gasteiger partial charge >= 0.3 is 35.8 Å². The van der Waals surface area contributed by atoms with Crippen molar-refractivity contribution in [3.8, 4) is 0 Å². The number of ether oxygens (including phenoxy) is 1. The Morgan fingerprint density at radius 1 is 0.935 bits per heavy atom. The van der Waals surface area contributed by atoms with E-state index < -0.39 is 52.3 Å². The average Bonchev–Trinajstić information content (AvgIpc) is 2.94. The molecule has 1 aromatic rings. The van der Waals surface area contributed by atoms with Crippen LogP contribution < -0.4 is 5.32 Å². The van der Waals surface area contributed by atoms with E-state index in [1.54, 1.807) is 0 Å². The van der Waals surface area contributed by atoms with Crippen LogP contribution in [0.1, 0.15) is 25.6 Å². The Bertz CT molecular complexity index is 894. The number of amides is 2. The summed E-state index contributed by atoms with van der Waals surface area (Å²) in [4.78, 5) is 36.3. The molecule has 0 aliphatic heterocycles. The smallest absolute Gasteiger partial charge is 0.460 e. The van der Waals surface area contributed by atoms with E-state index >= 15 is 0 Å². The number of carbonyl (C=O) groups is 3. The summed E-state index contributed by atoms with van der Waals surface area (Å²) in [5, 5.41) is 0.0330. The summed E-state index contributed by atoms with van der Waals surface area (Å²) in [6.45, 7) is 1.10. The average molecular weight is 488 g/mol.